The molecule has 1 heterocycles. The summed E-state index contributed by atoms with van der Waals surface area (Å²) in [5, 5.41) is 3.27. The van der Waals surface area contributed by atoms with E-state index in [0.29, 0.717) is 17.9 Å². The van der Waals surface area contributed by atoms with E-state index >= 15 is 0 Å². The van der Waals surface area contributed by atoms with Gasteiger partial charge in [-0.25, -0.2) is 4.79 Å². The minimum atomic E-state index is -1.14. The van der Waals surface area contributed by atoms with E-state index in [-0.39, 0.29) is 6.42 Å². The zero-order chi connectivity index (χ0) is 22.4. The maximum absolute atomic E-state index is 12.7. The van der Waals surface area contributed by atoms with Gasteiger partial charge in [0.2, 0.25) is 0 Å². The number of hydrogen-bond donors (Lipinski definition) is 2. The van der Waals surface area contributed by atoms with E-state index < -0.39 is 36.0 Å². The van der Waals surface area contributed by atoms with Gasteiger partial charge in [0.25, 0.3) is 11.8 Å². The van der Waals surface area contributed by atoms with Crippen LogP contribution in [0.1, 0.15) is 30.0 Å². The van der Waals surface area contributed by atoms with Crippen LogP contribution in [0.25, 0.3) is 0 Å². The van der Waals surface area contributed by atoms with Crippen LogP contribution in [0.5, 0.6) is 0 Å². The van der Waals surface area contributed by atoms with E-state index in [9.17, 15) is 19.2 Å². The molecule has 0 radical (unpaired) electrons. The smallest absolute Gasteiger partial charge is 0.344 e. The first-order chi connectivity index (χ1) is 14.8. The number of nitrogens with one attached hydrogen (secondary N) is 2. The highest BCUT2D eigenvalue weighted by atomic mass is 16.5. The topological polar surface area (TPSA) is 105 Å². The van der Waals surface area contributed by atoms with E-state index in [1.165, 1.54) is 0 Å². The summed E-state index contributed by atoms with van der Waals surface area (Å²) in [6, 6.07) is 16.2. The fourth-order valence-corrected chi connectivity index (χ4v) is 3.31. The molecule has 0 aromatic heterocycles. The number of imide groups is 1. The number of hydrogen-bond acceptors (Lipinski definition) is 5. The SMILES string of the molecule is Cc1ccccc1CC(=O)OCC(=O)NN1C(=O)N[C@](C)(CCc2ccccc2)C1=O. The van der Waals surface area contributed by atoms with Crippen LogP contribution in [-0.4, -0.2) is 41.0 Å². The van der Waals surface area contributed by atoms with Crippen molar-refractivity contribution < 1.29 is 23.9 Å². The molecule has 8 heteroatoms. The highest BCUT2D eigenvalue weighted by Crippen LogP contribution is 2.22. The second kappa shape index (κ2) is 9.42. The monoisotopic (exact) mass is 423 g/mol. The van der Waals surface area contributed by atoms with E-state index in [4.69, 9.17) is 4.74 Å². The summed E-state index contributed by atoms with van der Waals surface area (Å²) in [5.74, 6) is -1.91. The third-order valence-corrected chi connectivity index (χ3v) is 5.21. The first-order valence-corrected chi connectivity index (χ1v) is 9.99. The van der Waals surface area contributed by atoms with E-state index in [1.807, 2.05) is 55.5 Å². The molecule has 162 valence electrons. The number of hydrazine groups is 1. The van der Waals surface area contributed by atoms with Gasteiger partial charge in [-0.3, -0.25) is 19.8 Å². The first kappa shape index (κ1) is 22.0. The summed E-state index contributed by atoms with van der Waals surface area (Å²) >= 11 is 0. The molecule has 2 N–H and O–H groups in total. The molecular formula is C23H25N3O5. The van der Waals surface area contributed by atoms with Crippen LogP contribution in [0.15, 0.2) is 54.6 Å². The van der Waals surface area contributed by atoms with E-state index in [0.717, 1.165) is 16.7 Å². The summed E-state index contributed by atoms with van der Waals surface area (Å²) in [6.07, 6.45) is 0.988. The molecule has 0 saturated carbocycles. The number of aryl methyl sites for hydroxylation is 2. The molecular weight excluding hydrogens is 398 g/mol. The molecule has 1 fully saturated rings. The third kappa shape index (κ3) is 5.48. The molecule has 3 rings (SSSR count). The minimum Gasteiger partial charge on any atom is -0.455 e. The average molecular weight is 423 g/mol. The number of ether oxygens (including phenoxy) is 1. The molecule has 0 bridgehead atoms. The van der Waals surface area contributed by atoms with Crippen molar-refractivity contribution in [2.75, 3.05) is 6.61 Å². The zero-order valence-corrected chi connectivity index (χ0v) is 17.5. The lowest BCUT2D eigenvalue weighted by molar-refractivity contribution is -0.150. The molecule has 0 unspecified atom stereocenters. The number of esters is 1. The number of nitrogens with zero attached hydrogens (tertiary/aromatic N) is 1. The van der Waals surface area contributed by atoms with Crippen molar-refractivity contribution in [3.8, 4) is 0 Å². The van der Waals surface area contributed by atoms with Crippen molar-refractivity contribution in [3.05, 3.63) is 71.3 Å². The van der Waals surface area contributed by atoms with Crippen LogP contribution in [0, 0.1) is 6.92 Å². The van der Waals surface area contributed by atoms with Gasteiger partial charge in [-0.1, -0.05) is 54.6 Å². The molecule has 4 amide bonds. The fourth-order valence-electron chi connectivity index (χ4n) is 3.31. The molecule has 0 spiro atoms. The van der Waals surface area contributed by atoms with Crippen molar-refractivity contribution in [1.82, 2.24) is 15.8 Å². The summed E-state index contributed by atoms with van der Waals surface area (Å²) in [6.45, 7) is 2.90. The van der Waals surface area contributed by atoms with Gasteiger partial charge in [-0.15, -0.1) is 0 Å². The molecule has 0 aliphatic carbocycles. The number of amides is 4. The van der Waals surface area contributed by atoms with Crippen LogP contribution < -0.4 is 10.7 Å². The average Bonchev–Trinajstić information content (AvgIpc) is 2.96. The van der Waals surface area contributed by atoms with Crippen LogP contribution in [0.3, 0.4) is 0 Å². The molecule has 1 atom stereocenters. The number of benzene rings is 2. The van der Waals surface area contributed by atoms with Gasteiger partial charge < -0.3 is 10.1 Å². The summed E-state index contributed by atoms with van der Waals surface area (Å²) in [5.41, 5.74) is 3.86. The fraction of sp³-hybridized carbons (Fsp3) is 0.304. The van der Waals surface area contributed by atoms with E-state index in [2.05, 4.69) is 10.7 Å². The Kier molecular flexibility index (Phi) is 6.69. The third-order valence-electron chi connectivity index (χ3n) is 5.21. The lowest BCUT2D eigenvalue weighted by Crippen LogP contribution is -2.50. The normalized spacial score (nSPS) is 17.9. The summed E-state index contributed by atoms with van der Waals surface area (Å²) < 4.78 is 4.98. The molecule has 2 aromatic rings. The Bertz CT molecular complexity index is 992. The maximum atomic E-state index is 12.7. The Balaban J connectivity index is 1.50. The van der Waals surface area contributed by atoms with Crippen molar-refractivity contribution in [3.63, 3.8) is 0 Å². The van der Waals surface area contributed by atoms with Crippen LogP contribution >= 0.6 is 0 Å². The summed E-state index contributed by atoms with van der Waals surface area (Å²) in [4.78, 5) is 49.1. The molecule has 1 aliphatic rings. The number of carbonyl (C=O) groups is 4. The van der Waals surface area contributed by atoms with Gasteiger partial charge in [0.1, 0.15) is 5.54 Å². The van der Waals surface area contributed by atoms with Crippen LogP contribution in [-0.2, 0) is 32.0 Å². The minimum absolute atomic E-state index is 0.0284. The Morgan fingerprint density at radius 3 is 2.45 bits per heavy atom. The molecule has 31 heavy (non-hydrogen) atoms. The predicted octanol–water partition coefficient (Wildman–Crippen LogP) is 2.06. The highest BCUT2D eigenvalue weighted by molar-refractivity contribution is 6.07. The van der Waals surface area contributed by atoms with Crippen LogP contribution in [0.2, 0.25) is 0 Å². The highest BCUT2D eigenvalue weighted by Gasteiger charge is 2.48. The second-order valence-electron chi connectivity index (χ2n) is 7.69. The first-order valence-electron chi connectivity index (χ1n) is 9.99. The van der Waals surface area contributed by atoms with Gasteiger partial charge in [-0.2, -0.15) is 5.01 Å². The number of carbonyl (C=O) groups excluding carboxylic acids is 4. The molecule has 8 nitrogen and oxygen atoms in total. The Morgan fingerprint density at radius 2 is 1.74 bits per heavy atom. The lowest BCUT2D eigenvalue weighted by atomic mass is 9.93. The Labute approximate surface area is 180 Å². The molecule has 1 saturated heterocycles. The standard InChI is InChI=1S/C23H25N3O5/c1-16-8-6-7-11-18(16)14-20(28)31-15-19(27)25-26-21(29)23(2,24-22(26)30)13-12-17-9-4-3-5-10-17/h3-11H,12-15H2,1-2H3,(H,24,30)(H,25,27)/t23-/m1/s1. The van der Waals surface area contributed by atoms with E-state index in [1.54, 1.807) is 13.0 Å². The zero-order valence-electron chi connectivity index (χ0n) is 17.5. The van der Waals surface area contributed by atoms with Gasteiger partial charge in [0.05, 0.1) is 6.42 Å². The quantitative estimate of drug-likeness (QED) is 0.500. The molecule has 1 aliphatic heterocycles. The van der Waals surface area contributed by atoms with Gasteiger partial charge in [-0.05, 0) is 43.4 Å². The number of rotatable bonds is 8. The Hall–Kier alpha value is -3.68. The van der Waals surface area contributed by atoms with Gasteiger partial charge >= 0.3 is 12.0 Å². The van der Waals surface area contributed by atoms with Crippen molar-refractivity contribution in [2.45, 2.75) is 38.6 Å². The maximum Gasteiger partial charge on any atom is 0.344 e. The van der Waals surface area contributed by atoms with Crippen molar-refractivity contribution in [1.29, 1.82) is 0 Å². The lowest BCUT2D eigenvalue weighted by Gasteiger charge is -2.21. The van der Waals surface area contributed by atoms with Crippen molar-refractivity contribution >= 4 is 23.8 Å². The Morgan fingerprint density at radius 1 is 1.06 bits per heavy atom. The van der Waals surface area contributed by atoms with Gasteiger partial charge in [0, 0.05) is 0 Å². The summed E-state index contributed by atoms with van der Waals surface area (Å²) in [7, 11) is 0. The van der Waals surface area contributed by atoms with Crippen molar-refractivity contribution in [2.24, 2.45) is 0 Å². The second-order valence-corrected chi connectivity index (χ2v) is 7.69. The van der Waals surface area contributed by atoms with Gasteiger partial charge in [0.15, 0.2) is 6.61 Å². The number of urea groups is 1. The van der Waals surface area contributed by atoms with Crippen LogP contribution in [0.4, 0.5) is 4.79 Å². The predicted molar refractivity (Wildman–Crippen MR) is 113 cm³/mol. The largest absolute Gasteiger partial charge is 0.455 e. The molecule has 2 aromatic carbocycles.